The first-order chi connectivity index (χ1) is 8.99. The minimum Gasteiger partial charge on any atom is -0.478 e. The van der Waals surface area contributed by atoms with Crippen molar-refractivity contribution in [1.82, 2.24) is 9.97 Å². The summed E-state index contributed by atoms with van der Waals surface area (Å²) in [5.74, 6) is -0.558. The van der Waals surface area contributed by atoms with Crippen LogP contribution >= 0.6 is 23.2 Å². The summed E-state index contributed by atoms with van der Waals surface area (Å²) in [7, 11) is 0. The highest BCUT2D eigenvalue weighted by atomic mass is 35.5. The number of carboxylic acids is 1. The van der Waals surface area contributed by atoms with Crippen LogP contribution in [0.25, 0.3) is 0 Å². The highest BCUT2D eigenvalue weighted by Crippen LogP contribution is 2.26. The number of benzene rings is 1. The van der Waals surface area contributed by atoms with E-state index >= 15 is 0 Å². The lowest BCUT2D eigenvalue weighted by Crippen LogP contribution is -2.07. The number of halogens is 2. The largest absolute Gasteiger partial charge is 0.478 e. The van der Waals surface area contributed by atoms with E-state index in [-0.39, 0.29) is 5.56 Å². The van der Waals surface area contributed by atoms with Gasteiger partial charge in [0.1, 0.15) is 5.82 Å². The monoisotopic (exact) mass is 296 g/mol. The Kier molecular flexibility index (Phi) is 4.02. The molecule has 0 aliphatic heterocycles. The Bertz CT molecular complexity index is 624. The molecule has 0 radical (unpaired) electrons. The molecule has 19 heavy (non-hydrogen) atoms. The minimum absolute atomic E-state index is 0.0917. The van der Waals surface area contributed by atoms with E-state index < -0.39 is 5.97 Å². The zero-order chi connectivity index (χ0) is 14.0. The van der Waals surface area contributed by atoms with E-state index in [0.717, 1.165) is 5.56 Å². The molecule has 0 fully saturated rings. The maximum absolute atomic E-state index is 10.9. The lowest BCUT2D eigenvalue weighted by molar-refractivity contribution is 0.0695. The summed E-state index contributed by atoms with van der Waals surface area (Å²) in [6.45, 7) is 1.63. The van der Waals surface area contributed by atoms with Crippen LogP contribution in [0.15, 0.2) is 24.4 Å². The highest BCUT2D eigenvalue weighted by molar-refractivity contribution is 6.36. The zero-order valence-corrected chi connectivity index (χ0v) is 11.5. The molecule has 0 saturated carbocycles. The van der Waals surface area contributed by atoms with Gasteiger partial charge in [0.05, 0.1) is 11.3 Å². The molecule has 0 saturated heterocycles. The predicted molar refractivity (Wildman–Crippen MR) is 73.0 cm³/mol. The molecule has 2 rings (SSSR count). The lowest BCUT2D eigenvalue weighted by atomic mass is 10.1. The van der Waals surface area contributed by atoms with Gasteiger partial charge in [-0.2, -0.15) is 0 Å². The second kappa shape index (κ2) is 5.55. The summed E-state index contributed by atoms with van der Waals surface area (Å²) in [5, 5.41) is 9.99. The highest BCUT2D eigenvalue weighted by Gasteiger charge is 2.12. The number of aromatic carboxylic acids is 1. The van der Waals surface area contributed by atoms with Gasteiger partial charge in [-0.05, 0) is 24.6 Å². The third-order valence-electron chi connectivity index (χ3n) is 2.66. The van der Waals surface area contributed by atoms with E-state index in [9.17, 15) is 4.79 Å². The van der Waals surface area contributed by atoms with Crippen molar-refractivity contribution in [3.05, 3.63) is 57.1 Å². The normalized spacial score (nSPS) is 10.5. The summed E-state index contributed by atoms with van der Waals surface area (Å²) in [6, 6.07) is 5.23. The Hall–Kier alpha value is -1.65. The average Bonchev–Trinajstić information content (AvgIpc) is 2.33. The van der Waals surface area contributed by atoms with Gasteiger partial charge in [-0.25, -0.2) is 14.8 Å². The summed E-state index contributed by atoms with van der Waals surface area (Å²) >= 11 is 12.1. The SMILES string of the molecule is Cc1nc(Cc2c(Cl)cccc2Cl)ncc1C(=O)O. The molecule has 4 nitrogen and oxygen atoms in total. The van der Waals surface area contributed by atoms with Gasteiger partial charge in [-0.3, -0.25) is 0 Å². The van der Waals surface area contributed by atoms with Gasteiger partial charge in [-0.1, -0.05) is 29.3 Å². The first-order valence-electron chi connectivity index (χ1n) is 5.47. The first-order valence-corrected chi connectivity index (χ1v) is 6.23. The van der Waals surface area contributed by atoms with Crippen LogP contribution in [0.2, 0.25) is 10.0 Å². The van der Waals surface area contributed by atoms with Gasteiger partial charge in [0.15, 0.2) is 0 Å². The molecule has 2 aromatic rings. The molecule has 0 unspecified atom stereocenters. The molecular weight excluding hydrogens is 287 g/mol. The Labute approximate surface area is 120 Å². The Balaban J connectivity index is 2.34. The fourth-order valence-corrected chi connectivity index (χ4v) is 2.20. The predicted octanol–water partition coefficient (Wildman–Crippen LogP) is 3.38. The molecule has 0 bridgehead atoms. The van der Waals surface area contributed by atoms with Gasteiger partial charge in [0, 0.05) is 22.7 Å². The number of hydrogen-bond acceptors (Lipinski definition) is 3. The second-order valence-electron chi connectivity index (χ2n) is 3.97. The van der Waals surface area contributed by atoms with Crippen LogP contribution in [0.5, 0.6) is 0 Å². The van der Waals surface area contributed by atoms with Gasteiger partial charge >= 0.3 is 5.97 Å². The lowest BCUT2D eigenvalue weighted by Gasteiger charge is -2.07. The Morgan fingerprint density at radius 3 is 2.47 bits per heavy atom. The van der Waals surface area contributed by atoms with Crippen molar-refractivity contribution < 1.29 is 9.90 Å². The number of carbonyl (C=O) groups is 1. The standard InChI is InChI=1S/C13H10Cl2N2O2/c1-7-9(13(18)19)6-16-12(17-7)5-8-10(14)3-2-4-11(8)15/h2-4,6H,5H2,1H3,(H,18,19). The summed E-state index contributed by atoms with van der Waals surface area (Å²) in [6.07, 6.45) is 1.66. The molecule has 1 aromatic carbocycles. The van der Waals surface area contributed by atoms with E-state index in [1.165, 1.54) is 6.20 Å². The van der Waals surface area contributed by atoms with Crippen LogP contribution in [-0.2, 0) is 6.42 Å². The molecule has 0 aliphatic carbocycles. The van der Waals surface area contributed by atoms with Crippen molar-refractivity contribution in [1.29, 1.82) is 0 Å². The van der Waals surface area contributed by atoms with Crippen LogP contribution in [0.3, 0.4) is 0 Å². The molecule has 98 valence electrons. The summed E-state index contributed by atoms with van der Waals surface area (Å²) in [5.41, 5.74) is 1.24. The molecule has 0 aliphatic rings. The van der Waals surface area contributed by atoms with Gasteiger partial charge in [0.2, 0.25) is 0 Å². The van der Waals surface area contributed by atoms with Crippen molar-refractivity contribution in [2.45, 2.75) is 13.3 Å². The zero-order valence-electron chi connectivity index (χ0n) is 10.0. The van der Waals surface area contributed by atoms with E-state index in [1.807, 2.05) is 0 Å². The summed E-state index contributed by atoms with van der Waals surface area (Å²) < 4.78 is 0. The van der Waals surface area contributed by atoms with Gasteiger partial charge < -0.3 is 5.11 Å². The first kappa shape index (κ1) is 13.8. The van der Waals surface area contributed by atoms with Crippen LogP contribution in [-0.4, -0.2) is 21.0 Å². The Morgan fingerprint density at radius 1 is 1.32 bits per heavy atom. The Morgan fingerprint density at radius 2 is 1.95 bits per heavy atom. The van der Waals surface area contributed by atoms with Gasteiger partial charge in [-0.15, -0.1) is 0 Å². The fraction of sp³-hybridized carbons (Fsp3) is 0.154. The van der Waals surface area contributed by atoms with Crippen LogP contribution < -0.4 is 0 Å². The molecule has 1 N–H and O–H groups in total. The smallest absolute Gasteiger partial charge is 0.339 e. The molecule has 0 atom stereocenters. The average molecular weight is 297 g/mol. The number of rotatable bonds is 3. The van der Waals surface area contributed by atoms with Crippen LogP contribution in [0.1, 0.15) is 27.4 Å². The van der Waals surface area contributed by atoms with E-state index in [0.29, 0.717) is 28.0 Å². The number of nitrogens with zero attached hydrogens (tertiary/aromatic N) is 2. The molecule has 0 spiro atoms. The molecule has 6 heteroatoms. The van der Waals surface area contributed by atoms with Crippen LogP contribution in [0, 0.1) is 6.92 Å². The topological polar surface area (TPSA) is 63.1 Å². The third-order valence-corrected chi connectivity index (χ3v) is 3.36. The van der Waals surface area contributed by atoms with E-state index in [1.54, 1.807) is 25.1 Å². The number of aromatic nitrogens is 2. The van der Waals surface area contributed by atoms with Gasteiger partial charge in [0.25, 0.3) is 0 Å². The van der Waals surface area contributed by atoms with Crippen molar-refractivity contribution in [3.8, 4) is 0 Å². The van der Waals surface area contributed by atoms with Crippen molar-refractivity contribution in [2.24, 2.45) is 0 Å². The number of hydrogen-bond donors (Lipinski definition) is 1. The third kappa shape index (κ3) is 3.03. The van der Waals surface area contributed by atoms with Crippen molar-refractivity contribution >= 4 is 29.2 Å². The number of carboxylic acid groups (broad SMARTS) is 1. The second-order valence-corrected chi connectivity index (χ2v) is 4.78. The van der Waals surface area contributed by atoms with Crippen molar-refractivity contribution in [3.63, 3.8) is 0 Å². The van der Waals surface area contributed by atoms with E-state index in [2.05, 4.69) is 9.97 Å². The number of aryl methyl sites for hydroxylation is 1. The molecule has 0 amide bonds. The van der Waals surface area contributed by atoms with Crippen molar-refractivity contribution in [2.75, 3.05) is 0 Å². The molecule has 1 aromatic heterocycles. The maximum Gasteiger partial charge on any atom is 0.339 e. The molecule has 1 heterocycles. The molecular formula is C13H10Cl2N2O2. The van der Waals surface area contributed by atoms with E-state index in [4.69, 9.17) is 28.3 Å². The summed E-state index contributed by atoms with van der Waals surface area (Å²) in [4.78, 5) is 19.1. The van der Waals surface area contributed by atoms with Crippen LogP contribution in [0.4, 0.5) is 0 Å². The maximum atomic E-state index is 10.9. The quantitative estimate of drug-likeness (QED) is 0.943. The minimum atomic E-state index is -1.04. The fourth-order valence-electron chi connectivity index (χ4n) is 1.67.